The van der Waals surface area contributed by atoms with Gasteiger partial charge in [-0.15, -0.1) is 0 Å². The number of benzene rings is 1. The second-order valence-electron chi connectivity index (χ2n) is 10.9. The van der Waals surface area contributed by atoms with Crippen molar-refractivity contribution in [3.8, 4) is 0 Å². The lowest BCUT2D eigenvalue weighted by Gasteiger charge is -2.44. The average Bonchev–Trinajstić information content (AvgIpc) is 2.95. The van der Waals surface area contributed by atoms with E-state index in [0.29, 0.717) is 30.9 Å². The van der Waals surface area contributed by atoms with E-state index in [0.717, 1.165) is 18.4 Å². The zero-order valence-corrected chi connectivity index (χ0v) is 20.9. The molecule has 2 aliphatic rings. The van der Waals surface area contributed by atoms with E-state index in [4.69, 9.17) is 5.11 Å². The van der Waals surface area contributed by atoms with Crippen molar-refractivity contribution in [2.24, 2.45) is 11.3 Å². The summed E-state index contributed by atoms with van der Waals surface area (Å²) in [6.07, 6.45) is 2.99. The average molecular weight is 472 g/mol. The third-order valence-electron chi connectivity index (χ3n) is 7.31. The van der Waals surface area contributed by atoms with E-state index in [9.17, 15) is 19.2 Å². The summed E-state index contributed by atoms with van der Waals surface area (Å²) in [6, 6.07) is 6.45. The third kappa shape index (κ3) is 5.10. The molecular formula is C26H37N3O5. The van der Waals surface area contributed by atoms with Gasteiger partial charge in [0.2, 0.25) is 0 Å². The first-order valence-corrected chi connectivity index (χ1v) is 12.1. The predicted octanol–water partition coefficient (Wildman–Crippen LogP) is 4.04. The SMILES string of the molecule is CC(C)N1C(=O)N(Cc2ccc(C(=O)NCCC(=O)O)cc2)C2(CCC(C(C)(C)C)CC2)C1=O. The first-order chi connectivity index (χ1) is 15.9. The monoisotopic (exact) mass is 471 g/mol. The molecule has 2 N–H and O–H groups in total. The second-order valence-corrected chi connectivity index (χ2v) is 10.9. The number of hydrogen-bond acceptors (Lipinski definition) is 4. The highest BCUT2D eigenvalue weighted by molar-refractivity contribution is 6.07. The highest BCUT2D eigenvalue weighted by atomic mass is 16.4. The Bertz CT molecular complexity index is 940. The van der Waals surface area contributed by atoms with Crippen molar-refractivity contribution in [1.82, 2.24) is 15.1 Å². The fourth-order valence-corrected chi connectivity index (χ4v) is 5.19. The van der Waals surface area contributed by atoms with Crippen LogP contribution in [-0.4, -0.2) is 56.8 Å². The zero-order valence-electron chi connectivity index (χ0n) is 20.9. The van der Waals surface area contributed by atoms with Gasteiger partial charge in [-0.2, -0.15) is 0 Å². The molecule has 0 bridgehead atoms. The van der Waals surface area contributed by atoms with Gasteiger partial charge in [-0.3, -0.25) is 19.3 Å². The molecule has 34 heavy (non-hydrogen) atoms. The van der Waals surface area contributed by atoms with Gasteiger partial charge in [0, 0.05) is 24.7 Å². The maximum absolute atomic E-state index is 13.6. The number of carboxylic acid groups (broad SMARTS) is 1. The van der Waals surface area contributed by atoms with E-state index in [1.807, 2.05) is 13.8 Å². The van der Waals surface area contributed by atoms with Crippen molar-refractivity contribution in [2.45, 2.75) is 84.8 Å². The minimum absolute atomic E-state index is 0.0590. The predicted molar refractivity (Wildman–Crippen MR) is 128 cm³/mol. The Balaban J connectivity index is 1.78. The number of nitrogens with zero attached hydrogens (tertiary/aromatic N) is 2. The van der Waals surface area contributed by atoms with E-state index >= 15 is 0 Å². The number of amides is 4. The molecule has 0 unspecified atom stereocenters. The molecule has 1 saturated carbocycles. The Labute approximate surface area is 201 Å². The molecular weight excluding hydrogens is 434 g/mol. The van der Waals surface area contributed by atoms with E-state index in [1.165, 1.54) is 4.90 Å². The first-order valence-electron chi connectivity index (χ1n) is 12.1. The summed E-state index contributed by atoms with van der Waals surface area (Å²) in [6.45, 7) is 10.8. The smallest absolute Gasteiger partial charge is 0.328 e. The largest absolute Gasteiger partial charge is 0.481 e. The van der Waals surface area contributed by atoms with Gasteiger partial charge in [-0.25, -0.2) is 4.79 Å². The molecule has 0 atom stereocenters. The molecule has 1 aliphatic carbocycles. The lowest BCUT2D eigenvalue weighted by Crippen LogP contribution is -2.52. The van der Waals surface area contributed by atoms with Gasteiger partial charge >= 0.3 is 12.0 Å². The molecule has 3 rings (SSSR count). The van der Waals surface area contributed by atoms with Crippen LogP contribution in [0.25, 0.3) is 0 Å². The maximum Gasteiger partial charge on any atom is 0.328 e. The van der Waals surface area contributed by atoms with Crippen LogP contribution < -0.4 is 5.32 Å². The summed E-state index contributed by atoms with van der Waals surface area (Å²) in [5, 5.41) is 11.3. The minimum atomic E-state index is -0.971. The Hall–Kier alpha value is -2.90. The summed E-state index contributed by atoms with van der Waals surface area (Å²) in [7, 11) is 0. The number of nitrogens with one attached hydrogen (secondary N) is 1. The van der Waals surface area contributed by atoms with Gasteiger partial charge in [0.25, 0.3) is 11.8 Å². The standard InChI is InChI=1S/C26H37N3O5/c1-17(2)29-23(33)26(13-10-20(11-14-26)25(3,4)5)28(24(29)34)16-18-6-8-19(9-7-18)22(32)27-15-12-21(30)31/h6-9,17,20H,10-16H2,1-5H3,(H,27,32)(H,30,31). The molecule has 2 fully saturated rings. The molecule has 1 heterocycles. The highest BCUT2D eigenvalue weighted by Gasteiger charge is 2.58. The quantitative estimate of drug-likeness (QED) is 0.584. The van der Waals surface area contributed by atoms with Crippen LogP contribution in [0.5, 0.6) is 0 Å². The van der Waals surface area contributed by atoms with Crippen molar-refractivity contribution in [3.63, 3.8) is 0 Å². The van der Waals surface area contributed by atoms with Gasteiger partial charge < -0.3 is 15.3 Å². The normalized spacial score (nSPS) is 23.2. The number of carbonyl (C=O) groups is 4. The summed E-state index contributed by atoms with van der Waals surface area (Å²) in [5.41, 5.74) is 0.612. The molecule has 0 radical (unpaired) electrons. The number of carbonyl (C=O) groups excluding carboxylic acids is 3. The summed E-state index contributed by atoms with van der Waals surface area (Å²) < 4.78 is 0. The van der Waals surface area contributed by atoms with E-state index in [-0.39, 0.29) is 42.3 Å². The van der Waals surface area contributed by atoms with Gasteiger partial charge in [0.15, 0.2) is 0 Å². The molecule has 4 amide bonds. The van der Waals surface area contributed by atoms with Crippen molar-refractivity contribution >= 4 is 23.8 Å². The molecule has 1 aromatic rings. The second kappa shape index (κ2) is 9.76. The van der Waals surface area contributed by atoms with Gasteiger partial charge in [0.05, 0.1) is 6.42 Å². The zero-order chi connectivity index (χ0) is 25.3. The summed E-state index contributed by atoms with van der Waals surface area (Å²) in [5.74, 6) is -0.895. The van der Waals surface area contributed by atoms with Crippen LogP contribution >= 0.6 is 0 Å². The Morgan fingerprint density at radius 1 is 1.12 bits per heavy atom. The van der Waals surface area contributed by atoms with E-state index < -0.39 is 11.5 Å². The van der Waals surface area contributed by atoms with Crippen LogP contribution in [-0.2, 0) is 16.1 Å². The van der Waals surface area contributed by atoms with Gasteiger partial charge in [-0.05, 0) is 68.6 Å². The number of aliphatic carboxylic acids is 1. The van der Waals surface area contributed by atoms with E-state index in [1.54, 1.807) is 29.2 Å². The van der Waals surface area contributed by atoms with Crippen molar-refractivity contribution < 1.29 is 24.3 Å². The Kier molecular flexibility index (Phi) is 7.38. The fourth-order valence-electron chi connectivity index (χ4n) is 5.19. The number of rotatable bonds is 7. The third-order valence-corrected chi connectivity index (χ3v) is 7.31. The van der Waals surface area contributed by atoms with Crippen LogP contribution in [0.4, 0.5) is 4.79 Å². The maximum atomic E-state index is 13.6. The number of urea groups is 1. The van der Waals surface area contributed by atoms with Crippen LogP contribution in [0.1, 0.15) is 82.6 Å². The summed E-state index contributed by atoms with van der Waals surface area (Å²) >= 11 is 0. The fraction of sp³-hybridized carbons (Fsp3) is 0.615. The topological polar surface area (TPSA) is 107 Å². The highest BCUT2D eigenvalue weighted by Crippen LogP contribution is 2.47. The molecule has 0 aromatic heterocycles. The molecule has 1 saturated heterocycles. The van der Waals surface area contributed by atoms with Gasteiger partial charge in [0.1, 0.15) is 5.54 Å². The lowest BCUT2D eigenvalue weighted by molar-refractivity contribution is -0.137. The van der Waals surface area contributed by atoms with Crippen LogP contribution in [0, 0.1) is 11.3 Å². The molecule has 1 spiro atoms. The Morgan fingerprint density at radius 3 is 2.21 bits per heavy atom. The number of imide groups is 1. The lowest BCUT2D eigenvalue weighted by atomic mass is 9.67. The molecule has 8 heteroatoms. The Morgan fingerprint density at radius 2 is 1.71 bits per heavy atom. The van der Waals surface area contributed by atoms with E-state index in [2.05, 4.69) is 26.1 Å². The first kappa shape index (κ1) is 25.7. The minimum Gasteiger partial charge on any atom is -0.481 e. The van der Waals surface area contributed by atoms with Crippen molar-refractivity contribution in [2.75, 3.05) is 6.54 Å². The molecule has 186 valence electrons. The van der Waals surface area contributed by atoms with Crippen LogP contribution in [0.3, 0.4) is 0 Å². The van der Waals surface area contributed by atoms with Crippen LogP contribution in [0.2, 0.25) is 0 Å². The molecule has 1 aliphatic heterocycles. The molecule has 8 nitrogen and oxygen atoms in total. The molecule has 1 aromatic carbocycles. The van der Waals surface area contributed by atoms with Gasteiger partial charge in [-0.1, -0.05) is 32.9 Å². The van der Waals surface area contributed by atoms with Crippen molar-refractivity contribution in [3.05, 3.63) is 35.4 Å². The number of hydrogen-bond donors (Lipinski definition) is 2. The summed E-state index contributed by atoms with van der Waals surface area (Å²) in [4.78, 5) is 52.9. The number of carboxylic acids is 1. The van der Waals surface area contributed by atoms with Crippen LogP contribution in [0.15, 0.2) is 24.3 Å². The van der Waals surface area contributed by atoms with Crippen molar-refractivity contribution in [1.29, 1.82) is 0 Å².